The maximum absolute atomic E-state index is 11.2. The Morgan fingerprint density at radius 2 is 2.00 bits per heavy atom. The Morgan fingerprint density at radius 3 is 2.68 bits per heavy atom. The van der Waals surface area contributed by atoms with Gasteiger partial charge in [-0.3, -0.25) is 14.7 Å². The third-order valence-electron chi connectivity index (χ3n) is 4.59. The minimum Gasteiger partial charge on any atom is -0.381 e. The topological polar surface area (TPSA) is 71.7 Å². The number of ether oxygens (including phenoxy) is 1. The van der Waals surface area contributed by atoms with Gasteiger partial charge in [-0.1, -0.05) is 0 Å². The van der Waals surface area contributed by atoms with Crippen molar-refractivity contribution in [1.29, 1.82) is 0 Å². The summed E-state index contributed by atoms with van der Waals surface area (Å²) in [6.07, 6.45) is 4.03. The number of carbonyl (C=O) groups excluding carboxylic acids is 1. The molecule has 6 heteroatoms. The summed E-state index contributed by atoms with van der Waals surface area (Å²) >= 11 is 0. The SMILES string of the molecule is NC(=O)c1cc(N2CCN(CC3CCOCC3)CC2)ccn1. The molecule has 22 heavy (non-hydrogen) atoms. The van der Waals surface area contributed by atoms with Crippen molar-refractivity contribution in [3.8, 4) is 0 Å². The fourth-order valence-corrected chi connectivity index (χ4v) is 3.23. The van der Waals surface area contributed by atoms with Crippen LogP contribution in [0.3, 0.4) is 0 Å². The summed E-state index contributed by atoms with van der Waals surface area (Å²) in [6.45, 7) is 7.09. The van der Waals surface area contributed by atoms with E-state index < -0.39 is 5.91 Å². The van der Waals surface area contributed by atoms with Gasteiger partial charge in [-0.15, -0.1) is 0 Å². The molecule has 6 nitrogen and oxygen atoms in total. The monoisotopic (exact) mass is 304 g/mol. The van der Waals surface area contributed by atoms with Crippen molar-refractivity contribution in [3.05, 3.63) is 24.0 Å². The molecule has 2 aliphatic heterocycles. The zero-order valence-electron chi connectivity index (χ0n) is 12.9. The highest BCUT2D eigenvalue weighted by Crippen LogP contribution is 2.20. The van der Waals surface area contributed by atoms with Crippen LogP contribution in [0.4, 0.5) is 5.69 Å². The normalized spacial score (nSPS) is 21.0. The number of nitrogens with zero attached hydrogens (tertiary/aromatic N) is 3. The van der Waals surface area contributed by atoms with E-state index in [1.54, 1.807) is 12.3 Å². The van der Waals surface area contributed by atoms with Crippen LogP contribution in [0, 0.1) is 5.92 Å². The molecule has 3 rings (SSSR count). The summed E-state index contributed by atoms with van der Waals surface area (Å²) in [5, 5.41) is 0. The van der Waals surface area contributed by atoms with Gasteiger partial charge < -0.3 is 15.4 Å². The molecule has 0 atom stereocenters. The van der Waals surface area contributed by atoms with E-state index in [0.29, 0.717) is 5.69 Å². The number of nitrogens with two attached hydrogens (primary N) is 1. The van der Waals surface area contributed by atoms with Gasteiger partial charge >= 0.3 is 0 Å². The lowest BCUT2D eigenvalue weighted by Crippen LogP contribution is -2.48. The number of aromatic nitrogens is 1. The fraction of sp³-hybridized carbons (Fsp3) is 0.625. The molecule has 0 aromatic carbocycles. The highest BCUT2D eigenvalue weighted by Gasteiger charge is 2.22. The van der Waals surface area contributed by atoms with E-state index in [2.05, 4.69) is 14.8 Å². The third kappa shape index (κ3) is 3.75. The summed E-state index contributed by atoms with van der Waals surface area (Å²) in [5.74, 6) is 0.308. The van der Waals surface area contributed by atoms with Crippen molar-refractivity contribution < 1.29 is 9.53 Å². The molecule has 120 valence electrons. The van der Waals surface area contributed by atoms with Crippen molar-refractivity contribution >= 4 is 11.6 Å². The van der Waals surface area contributed by atoms with Crippen LogP contribution >= 0.6 is 0 Å². The molecule has 1 amide bonds. The maximum Gasteiger partial charge on any atom is 0.267 e. The van der Waals surface area contributed by atoms with Gasteiger partial charge in [-0.25, -0.2) is 0 Å². The first kappa shape index (κ1) is 15.2. The van der Waals surface area contributed by atoms with Crippen molar-refractivity contribution in [3.63, 3.8) is 0 Å². The predicted molar refractivity (Wildman–Crippen MR) is 85.0 cm³/mol. The molecule has 0 radical (unpaired) electrons. The van der Waals surface area contributed by atoms with Gasteiger partial charge in [0.25, 0.3) is 5.91 Å². The summed E-state index contributed by atoms with van der Waals surface area (Å²) in [6, 6.07) is 3.73. The molecular formula is C16H24N4O2. The Bertz CT molecular complexity index is 509. The quantitative estimate of drug-likeness (QED) is 0.888. The summed E-state index contributed by atoms with van der Waals surface area (Å²) in [4.78, 5) is 20.1. The molecule has 0 spiro atoms. The van der Waals surface area contributed by atoms with E-state index >= 15 is 0 Å². The highest BCUT2D eigenvalue weighted by molar-refractivity contribution is 5.91. The largest absolute Gasteiger partial charge is 0.381 e. The van der Waals surface area contributed by atoms with E-state index in [-0.39, 0.29) is 0 Å². The van der Waals surface area contributed by atoms with E-state index in [1.165, 1.54) is 19.4 Å². The number of amides is 1. The molecule has 0 aliphatic carbocycles. The van der Waals surface area contributed by atoms with Crippen LogP contribution in [0.1, 0.15) is 23.3 Å². The second-order valence-electron chi connectivity index (χ2n) is 6.11. The van der Waals surface area contributed by atoms with Crippen molar-refractivity contribution in [1.82, 2.24) is 9.88 Å². The molecule has 1 aromatic rings. The average molecular weight is 304 g/mol. The van der Waals surface area contributed by atoms with Crippen LogP contribution in [-0.4, -0.2) is 61.7 Å². The first-order chi connectivity index (χ1) is 10.7. The molecule has 2 saturated heterocycles. The molecule has 2 fully saturated rings. The Labute approximate surface area is 131 Å². The Balaban J connectivity index is 1.52. The molecule has 0 saturated carbocycles. The number of hydrogen-bond acceptors (Lipinski definition) is 5. The van der Waals surface area contributed by atoms with Gasteiger partial charge in [0, 0.05) is 57.8 Å². The van der Waals surface area contributed by atoms with Crippen LogP contribution < -0.4 is 10.6 Å². The lowest BCUT2D eigenvalue weighted by Gasteiger charge is -2.38. The number of hydrogen-bond donors (Lipinski definition) is 1. The zero-order chi connectivity index (χ0) is 15.4. The molecule has 3 heterocycles. The molecule has 2 aliphatic rings. The summed E-state index contributed by atoms with van der Waals surface area (Å²) in [7, 11) is 0. The average Bonchev–Trinajstić information content (AvgIpc) is 2.56. The number of pyridine rings is 1. The molecule has 1 aromatic heterocycles. The maximum atomic E-state index is 11.2. The Hall–Kier alpha value is -1.66. The zero-order valence-corrected chi connectivity index (χ0v) is 12.9. The van der Waals surface area contributed by atoms with Crippen LogP contribution in [0.25, 0.3) is 0 Å². The number of anilines is 1. The summed E-state index contributed by atoms with van der Waals surface area (Å²) < 4.78 is 5.42. The van der Waals surface area contributed by atoms with Crippen LogP contribution in [-0.2, 0) is 4.74 Å². The first-order valence-electron chi connectivity index (χ1n) is 8.03. The molecular weight excluding hydrogens is 280 g/mol. The van der Waals surface area contributed by atoms with Crippen molar-refractivity contribution in [2.75, 3.05) is 50.8 Å². The van der Waals surface area contributed by atoms with E-state index in [1.807, 2.05) is 6.07 Å². The minimum atomic E-state index is -0.472. The Kier molecular flexibility index (Phi) is 4.90. The standard InChI is InChI=1S/C16H24N4O2/c17-16(21)15-11-14(1-4-18-15)20-7-5-19(6-8-20)12-13-2-9-22-10-3-13/h1,4,11,13H,2-3,5-10,12H2,(H2,17,21). The van der Waals surface area contributed by atoms with Gasteiger partial charge in [0.1, 0.15) is 5.69 Å². The van der Waals surface area contributed by atoms with Gasteiger partial charge in [-0.05, 0) is 30.9 Å². The number of primary amides is 1. The number of piperazine rings is 1. The van der Waals surface area contributed by atoms with Gasteiger partial charge in [-0.2, -0.15) is 0 Å². The first-order valence-corrected chi connectivity index (χ1v) is 8.03. The van der Waals surface area contributed by atoms with E-state index in [4.69, 9.17) is 10.5 Å². The second kappa shape index (κ2) is 7.07. The van der Waals surface area contributed by atoms with Crippen molar-refractivity contribution in [2.45, 2.75) is 12.8 Å². The predicted octanol–water partition coefficient (Wildman–Crippen LogP) is 0.729. The van der Waals surface area contributed by atoms with Gasteiger partial charge in [0.15, 0.2) is 0 Å². The fourth-order valence-electron chi connectivity index (χ4n) is 3.23. The van der Waals surface area contributed by atoms with Crippen LogP contribution in [0.5, 0.6) is 0 Å². The van der Waals surface area contributed by atoms with Gasteiger partial charge in [0.05, 0.1) is 0 Å². The molecule has 0 bridgehead atoms. The highest BCUT2D eigenvalue weighted by atomic mass is 16.5. The van der Waals surface area contributed by atoms with Gasteiger partial charge in [0.2, 0.25) is 0 Å². The molecule has 2 N–H and O–H groups in total. The number of rotatable bonds is 4. The lowest BCUT2D eigenvalue weighted by atomic mass is 9.99. The summed E-state index contributed by atoms with van der Waals surface area (Å²) in [5.41, 5.74) is 6.67. The molecule has 0 unspecified atom stereocenters. The Morgan fingerprint density at radius 1 is 1.27 bits per heavy atom. The number of carbonyl (C=O) groups is 1. The van der Waals surface area contributed by atoms with Crippen LogP contribution in [0.15, 0.2) is 18.3 Å². The van der Waals surface area contributed by atoms with E-state index in [0.717, 1.165) is 51.0 Å². The minimum absolute atomic E-state index is 0.335. The third-order valence-corrected chi connectivity index (χ3v) is 4.59. The van der Waals surface area contributed by atoms with E-state index in [9.17, 15) is 4.79 Å². The second-order valence-corrected chi connectivity index (χ2v) is 6.11. The van der Waals surface area contributed by atoms with Crippen molar-refractivity contribution in [2.24, 2.45) is 11.7 Å². The van der Waals surface area contributed by atoms with Crippen LogP contribution in [0.2, 0.25) is 0 Å². The lowest BCUT2D eigenvalue weighted by molar-refractivity contribution is 0.0517. The smallest absolute Gasteiger partial charge is 0.267 e.